The van der Waals surface area contributed by atoms with E-state index in [4.69, 9.17) is 16.3 Å². The fourth-order valence-corrected chi connectivity index (χ4v) is 2.25. The highest BCUT2D eigenvalue weighted by molar-refractivity contribution is 6.31. The molecule has 0 unspecified atom stereocenters. The van der Waals surface area contributed by atoms with Gasteiger partial charge in [0, 0.05) is 11.1 Å². The number of ether oxygens (including phenoxy) is 1. The van der Waals surface area contributed by atoms with Gasteiger partial charge in [-0.1, -0.05) is 55.8 Å². The largest absolute Gasteiger partial charge is 0.423 e. The summed E-state index contributed by atoms with van der Waals surface area (Å²) < 4.78 is 5.48. The first-order valence-corrected chi connectivity index (χ1v) is 7.60. The van der Waals surface area contributed by atoms with E-state index in [2.05, 4.69) is 0 Å². The smallest absolute Gasteiger partial charge is 0.336 e. The number of benzene rings is 2. The molecule has 0 heterocycles. The Morgan fingerprint density at radius 3 is 2.50 bits per heavy atom. The van der Waals surface area contributed by atoms with Crippen molar-refractivity contribution in [2.45, 2.75) is 26.7 Å². The Morgan fingerprint density at radius 2 is 1.86 bits per heavy atom. The van der Waals surface area contributed by atoms with Crippen molar-refractivity contribution in [3.05, 3.63) is 70.3 Å². The SMILES string of the molecule is Cc1cc(OC(=O)C=Cc2ccccc2)c(C(C)C)cc1Cl. The van der Waals surface area contributed by atoms with Crippen LogP contribution in [0.5, 0.6) is 5.75 Å². The summed E-state index contributed by atoms with van der Waals surface area (Å²) >= 11 is 6.15. The first-order valence-electron chi connectivity index (χ1n) is 7.22. The van der Waals surface area contributed by atoms with Crippen LogP contribution in [0.4, 0.5) is 0 Å². The standard InChI is InChI=1S/C19H19ClO2/c1-13(2)16-12-17(20)14(3)11-18(16)22-19(21)10-9-15-7-5-4-6-8-15/h4-13H,1-3H3. The average molecular weight is 315 g/mol. The van der Waals surface area contributed by atoms with E-state index in [0.717, 1.165) is 16.7 Å². The molecule has 0 aromatic heterocycles. The van der Waals surface area contributed by atoms with Crippen molar-refractivity contribution in [1.82, 2.24) is 0 Å². The van der Waals surface area contributed by atoms with Crippen molar-refractivity contribution in [2.24, 2.45) is 0 Å². The van der Waals surface area contributed by atoms with Crippen LogP contribution in [0.3, 0.4) is 0 Å². The maximum Gasteiger partial charge on any atom is 0.336 e. The highest BCUT2D eigenvalue weighted by Crippen LogP contribution is 2.32. The van der Waals surface area contributed by atoms with E-state index in [9.17, 15) is 4.79 Å². The molecule has 0 fully saturated rings. The van der Waals surface area contributed by atoms with Crippen LogP contribution in [0.15, 0.2) is 48.5 Å². The number of esters is 1. The Labute approximate surface area is 136 Å². The number of aryl methyl sites for hydroxylation is 1. The molecule has 0 amide bonds. The monoisotopic (exact) mass is 314 g/mol. The third-order valence-electron chi connectivity index (χ3n) is 3.34. The third-order valence-corrected chi connectivity index (χ3v) is 3.74. The fourth-order valence-electron chi connectivity index (χ4n) is 2.08. The lowest BCUT2D eigenvalue weighted by Gasteiger charge is -2.14. The summed E-state index contributed by atoms with van der Waals surface area (Å²) in [5, 5.41) is 0.684. The molecule has 0 aliphatic heterocycles. The zero-order valence-corrected chi connectivity index (χ0v) is 13.7. The number of halogens is 1. The molecule has 0 saturated carbocycles. The van der Waals surface area contributed by atoms with Crippen LogP contribution < -0.4 is 4.74 Å². The van der Waals surface area contributed by atoms with Crippen LogP contribution in [0.25, 0.3) is 6.08 Å². The average Bonchev–Trinajstić information content (AvgIpc) is 2.49. The first kappa shape index (κ1) is 16.3. The summed E-state index contributed by atoms with van der Waals surface area (Å²) in [4.78, 5) is 12.0. The van der Waals surface area contributed by atoms with E-state index in [1.807, 2.05) is 63.2 Å². The minimum atomic E-state index is -0.396. The highest BCUT2D eigenvalue weighted by Gasteiger charge is 2.13. The highest BCUT2D eigenvalue weighted by atomic mass is 35.5. The van der Waals surface area contributed by atoms with Crippen molar-refractivity contribution < 1.29 is 9.53 Å². The second kappa shape index (κ2) is 7.28. The molecule has 0 saturated heterocycles. The van der Waals surface area contributed by atoms with E-state index in [1.54, 1.807) is 6.08 Å². The van der Waals surface area contributed by atoms with Crippen LogP contribution >= 0.6 is 11.6 Å². The summed E-state index contributed by atoms with van der Waals surface area (Å²) in [6.45, 7) is 5.97. The van der Waals surface area contributed by atoms with Crippen LogP contribution in [0.2, 0.25) is 5.02 Å². The maximum atomic E-state index is 12.0. The Kier molecular flexibility index (Phi) is 5.40. The maximum absolute atomic E-state index is 12.0. The van der Waals surface area contributed by atoms with Gasteiger partial charge >= 0.3 is 5.97 Å². The van der Waals surface area contributed by atoms with Crippen LogP contribution in [0, 0.1) is 6.92 Å². The second-order valence-corrected chi connectivity index (χ2v) is 5.87. The lowest BCUT2D eigenvalue weighted by Crippen LogP contribution is -2.07. The molecule has 0 aliphatic carbocycles. The van der Waals surface area contributed by atoms with Crippen LogP contribution in [-0.2, 0) is 4.79 Å². The summed E-state index contributed by atoms with van der Waals surface area (Å²) in [5.41, 5.74) is 2.77. The van der Waals surface area contributed by atoms with Gasteiger partial charge in [0.05, 0.1) is 0 Å². The Balaban J connectivity index is 2.18. The normalized spacial score (nSPS) is 11.1. The molecule has 0 bridgehead atoms. The van der Waals surface area contributed by atoms with Crippen molar-refractivity contribution in [3.8, 4) is 5.75 Å². The van der Waals surface area contributed by atoms with Gasteiger partial charge in [-0.05, 0) is 47.7 Å². The predicted octanol–water partition coefficient (Wildman–Crippen LogP) is 5.39. The van der Waals surface area contributed by atoms with Gasteiger partial charge < -0.3 is 4.74 Å². The molecule has 2 aromatic carbocycles. The molecule has 2 rings (SSSR count). The van der Waals surface area contributed by atoms with E-state index in [0.29, 0.717) is 10.8 Å². The summed E-state index contributed by atoms with van der Waals surface area (Å²) in [5.74, 6) is 0.395. The van der Waals surface area contributed by atoms with Gasteiger partial charge in [0.15, 0.2) is 0 Å². The molecular formula is C19H19ClO2. The van der Waals surface area contributed by atoms with Crippen molar-refractivity contribution >= 4 is 23.6 Å². The molecule has 2 nitrogen and oxygen atoms in total. The summed E-state index contributed by atoms with van der Waals surface area (Å²) in [7, 11) is 0. The van der Waals surface area contributed by atoms with Gasteiger partial charge in [0.1, 0.15) is 5.75 Å². The van der Waals surface area contributed by atoms with Gasteiger partial charge in [-0.25, -0.2) is 4.79 Å². The molecule has 0 atom stereocenters. The van der Waals surface area contributed by atoms with E-state index < -0.39 is 5.97 Å². The lowest BCUT2D eigenvalue weighted by molar-refractivity contribution is -0.128. The molecule has 114 valence electrons. The molecular weight excluding hydrogens is 296 g/mol. The van der Waals surface area contributed by atoms with Gasteiger partial charge in [-0.3, -0.25) is 0 Å². The third kappa shape index (κ3) is 4.22. The summed E-state index contributed by atoms with van der Waals surface area (Å²) in [6.07, 6.45) is 3.17. The Hall–Kier alpha value is -2.06. The van der Waals surface area contributed by atoms with E-state index in [-0.39, 0.29) is 5.92 Å². The van der Waals surface area contributed by atoms with Crippen LogP contribution in [-0.4, -0.2) is 5.97 Å². The van der Waals surface area contributed by atoms with Gasteiger partial charge in [-0.15, -0.1) is 0 Å². The molecule has 0 radical (unpaired) electrons. The van der Waals surface area contributed by atoms with E-state index >= 15 is 0 Å². The number of hydrogen-bond donors (Lipinski definition) is 0. The predicted molar refractivity (Wildman–Crippen MR) is 91.4 cm³/mol. The lowest BCUT2D eigenvalue weighted by atomic mass is 10.0. The molecule has 0 N–H and O–H groups in total. The van der Waals surface area contributed by atoms with Crippen LogP contribution in [0.1, 0.15) is 36.5 Å². The number of carbonyl (C=O) groups is 1. The quantitative estimate of drug-likeness (QED) is 0.429. The topological polar surface area (TPSA) is 26.3 Å². The van der Waals surface area contributed by atoms with Gasteiger partial charge in [-0.2, -0.15) is 0 Å². The number of hydrogen-bond acceptors (Lipinski definition) is 2. The first-order chi connectivity index (χ1) is 10.5. The fraction of sp³-hybridized carbons (Fsp3) is 0.211. The number of carbonyl (C=O) groups excluding carboxylic acids is 1. The molecule has 2 aromatic rings. The van der Waals surface area contributed by atoms with E-state index in [1.165, 1.54) is 6.08 Å². The summed E-state index contributed by atoms with van der Waals surface area (Å²) in [6, 6.07) is 13.3. The van der Waals surface area contributed by atoms with Crippen molar-refractivity contribution in [2.75, 3.05) is 0 Å². The molecule has 0 spiro atoms. The number of rotatable bonds is 4. The molecule has 22 heavy (non-hydrogen) atoms. The van der Waals surface area contributed by atoms with Crippen molar-refractivity contribution in [3.63, 3.8) is 0 Å². The zero-order valence-electron chi connectivity index (χ0n) is 13.0. The van der Waals surface area contributed by atoms with Crippen molar-refractivity contribution in [1.29, 1.82) is 0 Å². The minimum absolute atomic E-state index is 0.221. The molecule has 0 aliphatic rings. The molecule has 3 heteroatoms. The second-order valence-electron chi connectivity index (χ2n) is 5.46. The van der Waals surface area contributed by atoms with Gasteiger partial charge in [0.25, 0.3) is 0 Å². The Bertz CT molecular complexity index is 688. The van der Waals surface area contributed by atoms with Gasteiger partial charge in [0.2, 0.25) is 0 Å². The zero-order chi connectivity index (χ0) is 16.1. The Morgan fingerprint density at radius 1 is 1.18 bits per heavy atom. The minimum Gasteiger partial charge on any atom is -0.423 e.